The van der Waals surface area contributed by atoms with E-state index in [-0.39, 0.29) is 13.3 Å². The Morgan fingerprint density at radius 1 is 1.27 bits per heavy atom. The van der Waals surface area contributed by atoms with Crippen molar-refractivity contribution in [3.8, 4) is 0 Å². The molecule has 0 radical (unpaired) electrons. The minimum Gasteiger partial charge on any atom is -0.350 e. The van der Waals surface area contributed by atoms with Crippen molar-refractivity contribution in [3.63, 3.8) is 0 Å². The SMILES string of the molecule is C.C=CC(=O)NC1CCC2CCCC1C2. The number of carbonyl (C=O) groups excluding carboxylic acids is 1. The summed E-state index contributed by atoms with van der Waals surface area (Å²) in [5.74, 6) is 1.69. The molecule has 2 aliphatic rings. The van der Waals surface area contributed by atoms with Crippen LogP contribution in [0.2, 0.25) is 0 Å². The molecular weight excluding hydrogens is 186 g/mol. The molecule has 0 aromatic heterocycles. The Morgan fingerprint density at radius 2 is 2.07 bits per heavy atom. The van der Waals surface area contributed by atoms with Crippen LogP contribution in [0.5, 0.6) is 0 Å². The van der Waals surface area contributed by atoms with Crippen molar-refractivity contribution < 1.29 is 4.79 Å². The van der Waals surface area contributed by atoms with Crippen LogP contribution >= 0.6 is 0 Å². The largest absolute Gasteiger partial charge is 0.350 e. The Kier molecular flexibility index (Phi) is 4.37. The Hall–Kier alpha value is -0.790. The van der Waals surface area contributed by atoms with Crippen molar-refractivity contribution in [2.75, 3.05) is 0 Å². The average Bonchev–Trinajstić information content (AvgIpc) is 2.23. The molecule has 0 aromatic rings. The Labute approximate surface area is 93.1 Å². The second-order valence-electron chi connectivity index (χ2n) is 4.69. The van der Waals surface area contributed by atoms with Crippen molar-refractivity contribution >= 4 is 5.91 Å². The van der Waals surface area contributed by atoms with Gasteiger partial charge in [-0.1, -0.05) is 26.8 Å². The molecule has 2 saturated carbocycles. The van der Waals surface area contributed by atoms with Crippen LogP contribution in [0.15, 0.2) is 12.7 Å². The van der Waals surface area contributed by atoms with Gasteiger partial charge in [-0.25, -0.2) is 0 Å². The van der Waals surface area contributed by atoms with E-state index in [0.717, 1.165) is 11.8 Å². The van der Waals surface area contributed by atoms with Crippen molar-refractivity contribution in [3.05, 3.63) is 12.7 Å². The van der Waals surface area contributed by atoms with E-state index in [1.54, 1.807) is 0 Å². The summed E-state index contributed by atoms with van der Waals surface area (Å²) in [4.78, 5) is 11.2. The van der Waals surface area contributed by atoms with Gasteiger partial charge in [0.1, 0.15) is 0 Å². The minimum absolute atomic E-state index is 0. The molecule has 2 nitrogen and oxygen atoms in total. The van der Waals surface area contributed by atoms with Gasteiger partial charge in [0.2, 0.25) is 5.91 Å². The van der Waals surface area contributed by atoms with Gasteiger partial charge in [0.25, 0.3) is 0 Å². The first-order chi connectivity index (χ1) is 6.79. The number of rotatable bonds is 2. The molecule has 3 atom stereocenters. The zero-order chi connectivity index (χ0) is 9.97. The summed E-state index contributed by atoms with van der Waals surface area (Å²) in [6.07, 6.45) is 9.28. The molecule has 2 bridgehead atoms. The molecule has 0 spiro atoms. The second-order valence-corrected chi connectivity index (χ2v) is 4.69. The predicted octanol–water partition coefficient (Wildman–Crippen LogP) is 2.89. The van der Waals surface area contributed by atoms with Crippen LogP contribution in [0, 0.1) is 11.8 Å². The highest BCUT2D eigenvalue weighted by Crippen LogP contribution is 2.39. The van der Waals surface area contributed by atoms with Gasteiger partial charge in [0.15, 0.2) is 0 Å². The van der Waals surface area contributed by atoms with E-state index in [0.29, 0.717) is 6.04 Å². The Bertz CT molecular complexity index is 237. The summed E-state index contributed by atoms with van der Waals surface area (Å²) in [7, 11) is 0. The van der Waals surface area contributed by atoms with Crippen molar-refractivity contribution in [1.82, 2.24) is 5.32 Å². The summed E-state index contributed by atoms with van der Waals surface area (Å²) in [5, 5.41) is 3.07. The third kappa shape index (κ3) is 2.83. The summed E-state index contributed by atoms with van der Waals surface area (Å²) >= 11 is 0. The maximum absolute atomic E-state index is 11.2. The maximum Gasteiger partial charge on any atom is 0.243 e. The van der Waals surface area contributed by atoms with Crippen LogP contribution in [-0.2, 0) is 4.79 Å². The molecule has 15 heavy (non-hydrogen) atoms. The first kappa shape index (κ1) is 12.3. The van der Waals surface area contributed by atoms with Gasteiger partial charge in [-0.3, -0.25) is 4.79 Å². The fourth-order valence-corrected chi connectivity index (χ4v) is 3.04. The van der Waals surface area contributed by atoms with E-state index in [9.17, 15) is 4.79 Å². The first-order valence-corrected chi connectivity index (χ1v) is 5.72. The number of hydrogen-bond acceptors (Lipinski definition) is 1. The van der Waals surface area contributed by atoms with Crippen molar-refractivity contribution in [2.45, 2.75) is 52.0 Å². The van der Waals surface area contributed by atoms with Crippen LogP contribution in [0.4, 0.5) is 0 Å². The monoisotopic (exact) mass is 209 g/mol. The Morgan fingerprint density at radius 3 is 2.80 bits per heavy atom. The van der Waals surface area contributed by atoms with Crippen LogP contribution < -0.4 is 5.32 Å². The standard InChI is InChI=1S/C12H19NO.CH4/c1-2-12(14)13-11-7-6-9-4-3-5-10(11)8-9;/h2,9-11H,1,3-8H2,(H,13,14);1H4. The molecule has 2 heteroatoms. The lowest BCUT2D eigenvalue weighted by molar-refractivity contribution is -0.118. The molecule has 0 heterocycles. The van der Waals surface area contributed by atoms with Crippen LogP contribution in [0.1, 0.15) is 46.0 Å². The number of amides is 1. The van der Waals surface area contributed by atoms with E-state index in [2.05, 4.69) is 11.9 Å². The molecule has 1 amide bonds. The molecule has 3 unspecified atom stereocenters. The van der Waals surface area contributed by atoms with Gasteiger partial charge in [-0.15, -0.1) is 0 Å². The molecule has 1 N–H and O–H groups in total. The summed E-state index contributed by atoms with van der Waals surface area (Å²) in [6.45, 7) is 3.49. The van der Waals surface area contributed by atoms with E-state index in [4.69, 9.17) is 0 Å². The van der Waals surface area contributed by atoms with Gasteiger partial charge in [0, 0.05) is 6.04 Å². The quantitative estimate of drug-likeness (QED) is 0.696. The molecule has 0 aliphatic heterocycles. The fraction of sp³-hybridized carbons (Fsp3) is 0.769. The normalized spacial score (nSPS) is 33.7. The Balaban J connectivity index is 0.00000112. The molecule has 86 valence electrons. The lowest BCUT2D eigenvalue weighted by Gasteiger charge is -2.40. The first-order valence-electron chi connectivity index (χ1n) is 5.72. The van der Waals surface area contributed by atoms with E-state index in [1.165, 1.54) is 44.6 Å². The highest BCUT2D eigenvalue weighted by Gasteiger charge is 2.33. The smallest absolute Gasteiger partial charge is 0.243 e. The average molecular weight is 209 g/mol. The van der Waals surface area contributed by atoms with Crippen LogP contribution in [0.25, 0.3) is 0 Å². The number of hydrogen-bond donors (Lipinski definition) is 1. The van der Waals surface area contributed by atoms with Gasteiger partial charge >= 0.3 is 0 Å². The third-order valence-corrected chi connectivity index (χ3v) is 3.79. The lowest BCUT2D eigenvalue weighted by atomic mass is 9.70. The zero-order valence-corrected chi connectivity index (χ0v) is 8.67. The van der Waals surface area contributed by atoms with Crippen LogP contribution in [-0.4, -0.2) is 11.9 Å². The maximum atomic E-state index is 11.2. The molecule has 0 saturated heterocycles. The van der Waals surface area contributed by atoms with Crippen molar-refractivity contribution in [2.24, 2.45) is 11.8 Å². The van der Waals surface area contributed by atoms with E-state index >= 15 is 0 Å². The summed E-state index contributed by atoms with van der Waals surface area (Å²) in [5.41, 5.74) is 0. The number of fused-ring (bicyclic) bond motifs is 2. The second kappa shape index (κ2) is 5.34. The third-order valence-electron chi connectivity index (χ3n) is 3.79. The minimum atomic E-state index is -0.000904. The molecule has 2 aliphatic carbocycles. The number of nitrogens with one attached hydrogen (secondary N) is 1. The highest BCUT2D eigenvalue weighted by molar-refractivity contribution is 5.87. The van der Waals surface area contributed by atoms with E-state index < -0.39 is 0 Å². The fourth-order valence-electron chi connectivity index (χ4n) is 3.04. The van der Waals surface area contributed by atoms with Gasteiger partial charge < -0.3 is 5.32 Å². The molecule has 2 fully saturated rings. The molecule has 0 aromatic carbocycles. The van der Waals surface area contributed by atoms with E-state index in [1.807, 2.05) is 0 Å². The van der Waals surface area contributed by atoms with Crippen molar-refractivity contribution in [1.29, 1.82) is 0 Å². The van der Waals surface area contributed by atoms with Gasteiger partial charge in [-0.05, 0) is 43.6 Å². The van der Waals surface area contributed by atoms with Gasteiger partial charge in [-0.2, -0.15) is 0 Å². The van der Waals surface area contributed by atoms with Crippen LogP contribution in [0.3, 0.4) is 0 Å². The molecular formula is C13H23NO. The zero-order valence-electron chi connectivity index (χ0n) is 8.67. The molecule has 2 rings (SSSR count). The summed E-state index contributed by atoms with van der Waals surface area (Å²) < 4.78 is 0. The topological polar surface area (TPSA) is 29.1 Å². The predicted molar refractivity (Wildman–Crippen MR) is 63.5 cm³/mol. The summed E-state index contributed by atoms with van der Waals surface area (Å²) in [6, 6.07) is 0.428. The highest BCUT2D eigenvalue weighted by atomic mass is 16.1. The van der Waals surface area contributed by atoms with Gasteiger partial charge in [0.05, 0.1) is 0 Å². The number of carbonyl (C=O) groups is 1. The lowest BCUT2D eigenvalue weighted by Crippen LogP contribution is -2.44.